The Balaban J connectivity index is 2.02. The molecule has 2 fully saturated rings. The summed E-state index contributed by atoms with van der Waals surface area (Å²) >= 11 is 0. The summed E-state index contributed by atoms with van der Waals surface area (Å²) in [6.07, 6.45) is -2.35. The highest BCUT2D eigenvalue weighted by atomic mass is 28.4. The molecule has 2 aliphatic heterocycles. The second-order valence-electron chi connectivity index (χ2n) is 11.7. The Bertz CT molecular complexity index is 846. The summed E-state index contributed by atoms with van der Waals surface area (Å²) in [4.78, 5) is 12.2. The second-order valence-corrected chi connectivity index (χ2v) is 16.4. The van der Waals surface area contributed by atoms with Crippen LogP contribution in [0.3, 0.4) is 0 Å². The van der Waals surface area contributed by atoms with E-state index in [4.69, 9.17) is 28.1 Å². The van der Waals surface area contributed by atoms with Gasteiger partial charge in [-0.2, -0.15) is 0 Å². The van der Waals surface area contributed by atoms with Gasteiger partial charge in [0.1, 0.15) is 24.4 Å². The Morgan fingerprint density at radius 3 is 2.09 bits per heavy atom. The standard InChI is InChI=1S/C26H42O7Si/c1-24(2,3)34(9,10)33-20(17-14-12-11-13-15-17)22-23(32-26(6,7)31-22)21-18(16-19(27)28-8)29-25(4,5)30-21/h11-15,18,20-23H,16H2,1-10H3/t18-,20-,21+,22-,23-/m1/s1. The number of hydrogen-bond donors (Lipinski definition) is 0. The lowest BCUT2D eigenvalue weighted by molar-refractivity contribution is -0.175. The van der Waals surface area contributed by atoms with E-state index in [9.17, 15) is 4.79 Å². The van der Waals surface area contributed by atoms with Crippen LogP contribution in [0.15, 0.2) is 30.3 Å². The number of carbonyl (C=O) groups excluding carboxylic acids is 1. The molecule has 0 aliphatic carbocycles. The summed E-state index contributed by atoms with van der Waals surface area (Å²) in [6.45, 7) is 18.6. The fraction of sp³-hybridized carbons (Fsp3) is 0.731. The zero-order chi connectivity index (χ0) is 25.5. The van der Waals surface area contributed by atoms with E-state index in [1.165, 1.54) is 7.11 Å². The van der Waals surface area contributed by atoms with E-state index in [2.05, 4.69) is 46.0 Å². The molecule has 0 saturated carbocycles. The predicted molar refractivity (Wildman–Crippen MR) is 132 cm³/mol. The number of methoxy groups -OCH3 is 1. The SMILES string of the molecule is COC(=O)C[C@H]1OC(C)(C)O[C@@H]1[C@H]1OC(C)(C)O[C@@H]1[C@H](O[Si](C)(C)C(C)(C)C)c1ccccc1. The molecule has 0 bridgehead atoms. The van der Waals surface area contributed by atoms with Crippen molar-refractivity contribution in [2.45, 2.75) is 115 Å². The first-order valence-corrected chi connectivity index (χ1v) is 15.0. The van der Waals surface area contributed by atoms with E-state index in [0.717, 1.165) is 5.56 Å². The topological polar surface area (TPSA) is 72.5 Å². The maximum absolute atomic E-state index is 12.2. The minimum absolute atomic E-state index is 0.00683. The van der Waals surface area contributed by atoms with Gasteiger partial charge in [0, 0.05) is 0 Å². The molecule has 0 unspecified atom stereocenters. The molecule has 8 heteroatoms. The Morgan fingerprint density at radius 2 is 1.53 bits per heavy atom. The van der Waals surface area contributed by atoms with Crippen molar-refractivity contribution in [1.29, 1.82) is 0 Å². The zero-order valence-electron chi connectivity index (χ0n) is 22.3. The molecular weight excluding hydrogens is 452 g/mol. The molecule has 1 aromatic rings. The van der Waals surface area contributed by atoms with E-state index in [1.54, 1.807) is 0 Å². The molecule has 5 atom stereocenters. The van der Waals surface area contributed by atoms with Crippen LogP contribution in [0, 0.1) is 0 Å². The lowest BCUT2D eigenvalue weighted by Gasteiger charge is -2.42. The van der Waals surface area contributed by atoms with Gasteiger partial charge in [-0.3, -0.25) is 4.79 Å². The number of carbonyl (C=O) groups is 1. The average molecular weight is 495 g/mol. The molecule has 0 aromatic heterocycles. The minimum Gasteiger partial charge on any atom is -0.469 e. The summed E-state index contributed by atoms with van der Waals surface area (Å²) in [7, 11) is -0.820. The van der Waals surface area contributed by atoms with Crippen molar-refractivity contribution in [2.24, 2.45) is 0 Å². The second kappa shape index (κ2) is 9.63. The van der Waals surface area contributed by atoms with Gasteiger partial charge in [-0.1, -0.05) is 51.1 Å². The summed E-state index contributed by atoms with van der Waals surface area (Å²) in [5.74, 6) is -2.08. The van der Waals surface area contributed by atoms with Crippen LogP contribution in [-0.2, 0) is 32.9 Å². The van der Waals surface area contributed by atoms with Crippen LogP contribution in [0.2, 0.25) is 18.1 Å². The summed E-state index contributed by atoms with van der Waals surface area (Å²) in [6, 6.07) is 10.1. The van der Waals surface area contributed by atoms with Crippen LogP contribution < -0.4 is 0 Å². The van der Waals surface area contributed by atoms with Crippen LogP contribution in [0.4, 0.5) is 0 Å². The first-order chi connectivity index (χ1) is 15.6. The largest absolute Gasteiger partial charge is 0.469 e. The smallest absolute Gasteiger partial charge is 0.308 e. The number of benzene rings is 1. The molecule has 0 amide bonds. The molecule has 7 nitrogen and oxygen atoms in total. The van der Waals surface area contributed by atoms with Crippen LogP contribution in [0.1, 0.15) is 66.6 Å². The van der Waals surface area contributed by atoms with Crippen LogP contribution in [0.25, 0.3) is 0 Å². The molecule has 0 N–H and O–H groups in total. The van der Waals surface area contributed by atoms with Gasteiger partial charge in [0.2, 0.25) is 0 Å². The Labute approximate surface area is 205 Å². The highest BCUT2D eigenvalue weighted by Gasteiger charge is 2.57. The summed E-state index contributed by atoms with van der Waals surface area (Å²) < 4.78 is 37.3. The van der Waals surface area contributed by atoms with Gasteiger partial charge in [-0.05, 0) is 51.4 Å². The fourth-order valence-corrected chi connectivity index (χ4v) is 5.57. The first-order valence-electron chi connectivity index (χ1n) is 12.1. The van der Waals surface area contributed by atoms with Gasteiger partial charge >= 0.3 is 5.97 Å². The van der Waals surface area contributed by atoms with E-state index in [1.807, 2.05) is 45.9 Å². The predicted octanol–water partition coefficient (Wildman–Crippen LogP) is 5.35. The fourth-order valence-electron chi connectivity index (χ4n) is 4.31. The monoisotopic (exact) mass is 494 g/mol. The van der Waals surface area contributed by atoms with Gasteiger partial charge in [0.05, 0.1) is 19.6 Å². The zero-order valence-corrected chi connectivity index (χ0v) is 23.3. The van der Waals surface area contributed by atoms with Crippen LogP contribution >= 0.6 is 0 Å². The van der Waals surface area contributed by atoms with Crippen molar-refractivity contribution < 1.29 is 32.9 Å². The maximum atomic E-state index is 12.2. The molecule has 0 spiro atoms. The third kappa shape index (κ3) is 6.09. The van der Waals surface area contributed by atoms with Crippen molar-refractivity contribution in [3.05, 3.63) is 35.9 Å². The molecule has 3 rings (SSSR count). The number of hydrogen-bond acceptors (Lipinski definition) is 7. The van der Waals surface area contributed by atoms with Crippen molar-refractivity contribution >= 4 is 14.3 Å². The lowest BCUT2D eigenvalue weighted by atomic mass is 9.94. The van der Waals surface area contributed by atoms with Gasteiger partial charge in [0.15, 0.2) is 19.9 Å². The van der Waals surface area contributed by atoms with Crippen molar-refractivity contribution in [3.63, 3.8) is 0 Å². The molecule has 2 saturated heterocycles. The van der Waals surface area contributed by atoms with Gasteiger partial charge < -0.3 is 28.1 Å². The molecule has 0 radical (unpaired) electrons. The molecule has 192 valence electrons. The minimum atomic E-state index is -2.19. The Morgan fingerprint density at radius 1 is 0.971 bits per heavy atom. The van der Waals surface area contributed by atoms with Crippen molar-refractivity contribution in [1.82, 2.24) is 0 Å². The molecular formula is C26H42O7Si. The van der Waals surface area contributed by atoms with Gasteiger partial charge in [-0.15, -0.1) is 0 Å². The van der Waals surface area contributed by atoms with E-state index < -0.39 is 44.3 Å². The number of esters is 1. The lowest BCUT2D eigenvalue weighted by Crippen LogP contribution is -2.49. The average Bonchev–Trinajstić information content (AvgIpc) is 3.20. The quantitative estimate of drug-likeness (QED) is 0.373. The van der Waals surface area contributed by atoms with Crippen LogP contribution in [0.5, 0.6) is 0 Å². The Kier molecular flexibility index (Phi) is 7.73. The van der Waals surface area contributed by atoms with E-state index in [-0.39, 0.29) is 23.5 Å². The van der Waals surface area contributed by atoms with Crippen molar-refractivity contribution in [3.8, 4) is 0 Å². The number of ether oxygens (including phenoxy) is 5. The Hall–Kier alpha value is -1.29. The van der Waals surface area contributed by atoms with E-state index in [0.29, 0.717) is 0 Å². The highest BCUT2D eigenvalue weighted by Crippen LogP contribution is 2.47. The molecule has 2 aliphatic rings. The van der Waals surface area contributed by atoms with Crippen LogP contribution in [-0.4, -0.2) is 57.4 Å². The molecule has 34 heavy (non-hydrogen) atoms. The third-order valence-electron chi connectivity index (χ3n) is 6.96. The van der Waals surface area contributed by atoms with E-state index >= 15 is 0 Å². The molecule has 1 aromatic carbocycles. The number of rotatable bonds is 7. The maximum Gasteiger partial charge on any atom is 0.308 e. The summed E-state index contributed by atoms with van der Waals surface area (Å²) in [5.41, 5.74) is 1.02. The van der Waals surface area contributed by atoms with Gasteiger partial charge in [0.25, 0.3) is 0 Å². The third-order valence-corrected chi connectivity index (χ3v) is 11.4. The normalized spacial score (nSPS) is 29.7. The highest BCUT2D eigenvalue weighted by molar-refractivity contribution is 6.74. The summed E-state index contributed by atoms with van der Waals surface area (Å²) in [5, 5.41) is 0.00683. The van der Waals surface area contributed by atoms with Crippen molar-refractivity contribution in [2.75, 3.05) is 7.11 Å². The first kappa shape index (κ1) is 27.3. The van der Waals surface area contributed by atoms with Gasteiger partial charge in [-0.25, -0.2) is 0 Å². The molecule has 2 heterocycles.